The molecule has 0 spiro atoms. The summed E-state index contributed by atoms with van der Waals surface area (Å²) < 4.78 is 24.8. The topological polar surface area (TPSA) is 50.8 Å². The van der Waals surface area contributed by atoms with Crippen LogP contribution in [0, 0.1) is 0 Å². The molecular formula is C9H20ClN2O3P. The van der Waals surface area contributed by atoms with Crippen molar-refractivity contribution in [3.63, 3.8) is 0 Å². The molecule has 0 aromatic rings. The molecule has 1 N–H and O–H groups in total. The van der Waals surface area contributed by atoms with Gasteiger partial charge in [0.2, 0.25) is 0 Å². The van der Waals surface area contributed by atoms with Crippen LogP contribution < -0.4 is 5.09 Å². The fourth-order valence-electron chi connectivity index (χ4n) is 1.50. The molecule has 5 nitrogen and oxygen atoms in total. The van der Waals surface area contributed by atoms with Crippen LogP contribution in [0.5, 0.6) is 0 Å². The zero-order valence-electron chi connectivity index (χ0n) is 9.65. The summed E-state index contributed by atoms with van der Waals surface area (Å²) in [6, 6.07) is 0. The minimum atomic E-state index is -2.86. The molecule has 1 atom stereocenters. The predicted molar refractivity (Wildman–Crippen MR) is 65.0 cm³/mol. The highest BCUT2D eigenvalue weighted by atomic mass is 35.5. The van der Waals surface area contributed by atoms with Gasteiger partial charge in [0.05, 0.1) is 13.2 Å². The maximum Gasteiger partial charge on any atom is 0.343 e. The molecule has 0 aliphatic carbocycles. The van der Waals surface area contributed by atoms with Crippen molar-refractivity contribution in [3.05, 3.63) is 0 Å². The number of ether oxygens (including phenoxy) is 1. The van der Waals surface area contributed by atoms with Crippen LogP contribution in [0.2, 0.25) is 0 Å². The Balaban J connectivity index is 2.49. The van der Waals surface area contributed by atoms with E-state index in [1.54, 1.807) is 4.67 Å². The first kappa shape index (κ1) is 14.4. The van der Waals surface area contributed by atoms with Gasteiger partial charge in [0.1, 0.15) is 0 Å². The van der Waals surface area contributed by atoms with E-state index >= 15 is 0 Å². The van der Waals surface area contributed by atoms with Gasteiger partial charge in [-0.05, 0) is 13.3 Å². The lowest BCUT2D eigenvalue weighted by Gasteiger charge is -2.33. The van der Waals surface area contributed by atoms with E-state index < -0.39 is 7.67 Å². The van der Waals surface area contributed by atoms with Crippen molar-refractivity contribution in [2.75, 3.05) is 45.3 Å². The minimum Gasteiger partial charge on any atom is -0.380 e. The second-order valence-corrected chi connectivity index (χ2v) is 6.01. The normalized spacial score (nSPS) is 26.2. The molecular weight excluding hydrogens is 251 g/mol. The Morgan fingerprint density at radius 3 is 2.94 bits per heavy atom. The molecule has 0 saturated carbocycles. The monoisotopic (exact) mass is 270 g/mol. The van der Waals surface area contributed by atoms with Gasteiger partial charge >= 0.3 is 7.67 Å². The summed E-state index contributed by atoms with van der Waals surface area (Å²) in [6.07, 6.45) is 0.893. The molecule has 1 aliphatic heterocycles. The van der Waals surface area contributed by atoms with Crippen molar-refractivity contribution in [3.8, 4) is 0 Å². The molecule has 1 aliphatic rings. The van der Waals surface area contributed by atoms with E-state index in [1.807, 2.05) is 6.92 Å². The van der Waals surface area contributed by atoms with E-state index in [0.717, 1.165) is 13.0 Å². The first-order valence-electron chi connectivity index (χ1n) is 5.62. The van der Waals surface area contributed by atoms with E-state index in [4.69, 9.17) is 20.9 Å². The van der Waals surface area contributed by atoms with E-state index in [-0.39, 0.29) is 0 Å². The maximum absolute atomic E-state index is 12.4. The third-order valence-electron chi connectivity index (χ3n) is 2.31. The first-order valence-corrected chi connectivity index (χ1v) is 7.73. The van der Waals surface area contributed by atoms with Gasteiger partial charge in [0.15, 0.2) is 0 Å². The molecule has 0 unspecified atom stereocenters. The van der Waals surface area contributed by atoms with Gasteiger partial charge in [-0.25, -0.2) is 9.76 Å². The lowest BCUT2D eigenvalue weighted by molar-refractivity contribution is 0.127. The molecule has 7 heteroatoms. The molecule has 16 heavy (non-hydrogen) atoms. The largest absolute Gasteiger partial charge is 0.380 e. The Hall–Kier alpha value is 0.360. The average molecular weight is 271 g/mol. The lowest BCUT2D eigenvalue weighted by Crippen LogP contribution is -2.36. The number of rotatable bonds is 7. The van der Waals surface area contributed by atoms with Gasteiger partial charge < -0.3 is 9.26 Å². The van der Waals surface area contributed by atoms with E-state index in [1.165, 1.54) is 0 Å². The highest BCUT2D eigenvalue weighted by Crippen LogP contribution is 2.47. The van der Waals surface area contributed by atoms with Crippen LogP contribution in [0.4, 0.5) is 0 Å². The van der Waals surface area contributed by atoms with Gasteiger partial charge in [0.25, 0.3) is 0 Å². The molecule has 1 fully saturated rings. The molecule has 0 bridgehead atoms. The third kappa shape index (κ3) is 4.32. The zero-order chi connectivity index (χ0) is 11.9. The summed E-state index contributed by atoms with van der Waals surface area (Å²) in [5.41, 5.74) is 0. The highest BCUT2D eigenvalue weighted by molar-refractivity contribution is 7.54. The van der Waals surface area contributed by atoms with Crippen LogP contribution in [0.3, 0.4) is 0 Å². The minimum absolute atomic E-state index is 0.432. The Morgan fingerprint density at radius 1 is 1.56 bits per heavy atom. The van der Waals surface area contributed by atoms with Crippen molar-refractivity contribution in [2.45, 2.75) is 13.3 Å². The quantitative estimate of drug-likeness (QED) is 0.433. The summed E-state index contributed by atoms with van der Waals surface area (Å²) in [6.45, 7) is 5.52. The molecule has 1 rings (SSSR count). The van der Waals surface area contributed by atoms with Crippen molar-refractivity contribution in [2.24, 2.45) is 0 Å². The molecule has 0 aromatic heterocycles. The summed E-state index contributed by atoms with van der Waals surface area (Å²) in [5, 5.41) is 2.95. The van der Waals surface area contributed by atoms with E-state index in [9.17, 15) is 4.57 Å². The van der Waals surface area contributed by atoms with Gasteiger partial charge in [-0.3, -0.25) is 4.57 Å². The van der Waals surface area contributed by atoms with Crippen LogP contribution in [0.15, 0.2) is 0 Å². The number of nitrogens with zero attached hydrogens (tertiary/aromatic N) is 1. The summed E-state index contributed by atoms with van der Waals surface area (Å²) in [4.78, 5) is 0. The lowest BCUT2D eigenvalue weighted by atomic mass is 10.5. The van der Waals surface area contributed by atoms with Gasteiger partial charge in [-0.2, -0.15) is 0 Å². The van der Waals surface area contributed by atoms with Crippen LogP contribution in [0.1, 0.15) is 13.3 Å². The second kappa shape index (κ2) is 7.64. The first-order chi connectivity index (χ1) is 7.73. The Morgan fingerprint density at radius 2 is 2.38 bits per heavy atom. The van der Waals surface area contributed by atoms with Crippen LogP contribution in [-0.2, 0) is 13.8 Å². The molecule has 1 heterocycles. The van der Waals surface area contributed by atoms with Gasteiger partial charge in [-0.1, -0.05) is 0 Å². The van der Waals surface area contributed by atoms with Gasteiger partial charge in [0, 0.05) is 32.1 Å². The highest BCUT2D eigenvalue weighted by Gasteiger charge is 2.33. The maximum atomic E-state index is 12.4. The molecule has 1 saturated heterocycles. The van der Waals surface area contributed by atoms with Gasteiger partial charge in [-0.15, -0.1) is 11.6 Å². The summed E-state index contributed by atoms with van der Waals surface area (Å²) in [7, 11) is -2.86. The molecule has 0 radical (unpaired) electrons. The van der Waals surface area contributed by atoms with Crippen molar-refractivity contribution in [1.82, 2.24) is 9.76 Å². The van der Waals surface area contributed by atoms with E-state index in [0.29, 0.717) is 38.8 Å². The fraction of sp³-hybridized carbons (Fsp3) is 1.00. The fourth-order valence-corrected chi connectivity index (χ4v) is 3.80. The smallest absolute Gasteiger partial charge is 0.343 e. The molecule has 0 amide bonds. The van der Waals surface area contributed by atoms with E-state index in [2.05, 4.69) is 5.09 Å². The predicted octanol–water partition coefficient (Wildman–Crippen LogP) is 1.68. The van der Waals surface area contributed by atoms with Crippen molar-refractivity contribution < 1.29 is 13.8 Å². The Bertz CT molecular complexity index is 233. The zero-order valence-corrected chi connectivity index (χ0v) is 11.3. The Labute approximate surface area is 102 Å². The van der Waals surface area contributed by atoms with Crippen LogP contribution in [0.25, 0.3) is 0 Å². The average Bonchev–Trinajstić information content (AvgIpc) is 2.29. The summed E-state index contributed by atoms with van der Waals surface area (Å²) >= 11 is 5.70. The van der Waals surface area contributed by atoms with Crippen LogP contribution in [-0.4, -0.2) is 50.0 Å². The van der Waals surface area contributed by atoms with Crippen LogP contribution >= 0.6 is 19.3 Å². The molecule has 96 valence electrons. The third-order valence-corrected chi connectivity index (χ3v) is 4.78. The number of nitrogens with one attached hydrogen (secondary N) is 1. The second-order valence-electron chi connectivity index (χ2n) is 3.45. The Kier molecular flexibility index (Phi) is 6.89. The number of alkyl halides is 1. The van der Waals surface area contributed by atoms with Crippen molar-refractivity contribution in [1.29, 1.82) is 0 Å². The molecule has 0 aromatic carbocycles. The summed E-state index contributed by atoms with van der Waals surface area (Å²) in [5.74, 6) is 0.432. The SMILES string of the molecule is CCOCCN(CCCl)[P@@]1(=O)NCCCO1. The van der Waals surface area contributed by atoms with Crippen molar-refractivity contribution >= 4 is 19.3 Å². The number of hydrogen-bond donors (Lipinski definition) is 1. The standard InChI is InChI=1S/C9H20ClN2O3P/c1-2-14-9-7-12(6-4-10)16(13)11-5-3-8-15-16/h2-9H2,1H3,(H,11,13)/t16-/m1/s1. The number of hydrogen-bond acceptors (Lipinski definition) is 3. The number of halogens is 1.